The van der Waals surface area contributed by atoms with Crippen LogP contribution in [0.15, 0.2) is 30.3 Å². The molecule has 0 aliphatic rings. The molecular weight excluding hydrogens is 244 g/mol. The molecule has 1 aromatic carbocycles. The first-order valence-corrected chi connectivity index (χ1v) is 6.89. The van der Waals surface area contributed by atoms with E-state index in [1.807, 2.05) is 11.8 Å². The lowest BCUT2D eigenvalue weighted by Crippen LogP contribution is -1.84. The van der Waals surface area contributed by atoms with Crippen LogP contribution in [0.25, 0.3) is 0 Å². The lowest BCUT2D eigenvalue weighted by molar-refractivity contribution is 0.912. The highest BCUT2D eigenvalue weighted by atomic mass is 79.9. The van der Waals surface area contributed by atoms with E-state index < -0.39 is 0 Å². The van der Waals surface area contributed by atoms with Crippen molar-refractivity contribution in [1.29, 1.82) is 0 Å². The summed E-state index contributed by atoms with van der Waals surface area (Å²) in [6.07, 6.45) is 2.62. The number of hydrogen-bond acceptors (Lipinski definition) is 1. The SMILES string of the molecule is BrCCCCSCc1ccccc1. The number of thioether (sulfide) groups is 1. The Labute approximate surface area is 93.2 Å². The number of rotatable bonds is 6. The molecule has 0 fully saturated rings. The zero-order valence-electron chi connectivity index (χ0n) is 7.71. The lowest BCUT2D eigenvalue weighted by atomic mass is 10.2. The maximum atomic E-state index is 3.44. The van der Waals surface area contributed by atoms with Crippen LogP contribution in [0.3, 0.4) is 0 Å². The molecule has 2 heteroatoms. The van der Waals surface area contributed by atoms with Crippen LogP contribution in [0.5, 0.6) is 0 Å². The van der Waals surface area contributed by atoms with E-state index in [2.05, 4.69) is 46.3 Å². The van der Waals surface area contributed by atoms with Crippen molar-refractivity contribution in [2.45, 2.75) is 18.6 Å². The molecule has 0 bridgehead atoms. The van der Waals surface area contributed by atoms with Gasteiger partial charge in [0.05, 0.1) is 0 Å². The van der Waals surface area contributed by atoms with E-state index in [1.54, 1.807) is 0 Å². The fourth-order valence-electron chi connectivity index (χ4n) is 1.06. The van der Waals surface area contributed by atoms with Crippen LogP contribution in [0.1, 0.15) is 18.4 Å². The summed E-state index contributed by atoms with van der Waals surface area (Å²) in [4.78, 5) is 0. The van der Waals surface area contributed by atoms with Gasteiger partial charge in [0.1, 0.15) is 0 Å². The van der Waals surface area contributed by atoms with Crippen LogP contribution in [-0.4, -0.2) is 11.1 Å². The largest absolute Gasteiger partial charge is 0.157 e. The normalized spacial score (nSPS) is 10.2. The molecule has 72 valence electrons. The Hall–Kier alpha value is 0.0500. The van der Waals surface area contributed by atoms with Crippen molar-refractivity contribution in [3.63, 3.8) is 0 Å². The first kappa shape index (κ1) is 11.1. The standard InChI is InChI=1S/C11H15BrS/c12-8-4-5-9-13-10-11-6-2-1-3-7-11/h1-3,6-7H,4-5,8-10H2. The predicted molar refractivity (Wildman–Crippen MR) is 65.6 cm³/mol. The van der Waals surface area contributed by atoms with Crippen molar-refractivity contribution in [2.24, 2.45) is 0 Å². The van der Waals surface area contributed by atoms with Crippen molar-refractivity contribution in [3.8, 4) is 0 Å². The van der Waals surface area contributed by atoms with Crippen molar-refractivity contribution in [2.75, 3.05) is 11.1 Å². The molecule has 0 atom stereocenters. The molecule has 0 amide bonds. The number of unbranched alkanes of at least 4 members (excludes halogenated alkanes) is 1. The van der Waals surface area contributed by atoms with Crippen LogP contribution in [0, 0.1) is 0 Å². The van der Waals surface area contributed by atoms with Gasteiger partial charge in [0.15, 0.2) is 0 Å². The summed E-state index contributed by atoms with van der Waals surface area (Å²) in [7, 11) is 0. The molecular formula is C11H15BrS. The van der Waals surface area contributed by atoms with Crippen molar-refractivity contribution in [1.82, 2.24) is 0 Å². The molecule has 0 saturated heterocycles. The minimum Gasteiger partial charge on any atom is -0.157 e. The summed E-state index contributed by atoms with van der Waals surface area (Å²) < 4.78 is 0. The highest BCUT2D eigenvalue weighted by Gasteiger charge is 1.91. The van der Waals surface area contributed by atoms with Crippen LogP contribution in [-0.2, 0) is 5.75 Å². The van der Waals surface area contributed by atoms with Gasteiger partial charge >= 0.3 is 0 Å². The van der Waals surface area contributed by atoms with E-state index in [-0.39, 0.29) is 0 Å². The maximum Gasteiger partial charge on any atom is 0.0184 e. The molecule has 0 aliphatic carbocycles. The third kappa shape index (κ3) is 5.37. The van der Waals surface area contributed by atoms with Gasteiger partial charge in [0.2, 0.25) is 0 Å². The molecule has 0 N–H and O–H groups in total. The van der Waals surface area contributed by atoms with E-state index in [0.717, 1.165) is 11.1 Å². The smallest absolute Gasteiger partial charge is 0.0184 e. The lowest BCUT2D eigenvalue weighted by Gasteiger charge is -2.00. The van der Waals surface area contributed by atoms with Gasteiger partial charge < -0.3 is 0 Å². The number of hydrogen-bond donors (Lipinski definition) is 0. The van der Waals surface area contributed by atoms with Gasteiger partial charge in [-0.1, -0.05) is 46.3 Å². The molecule has 1 aromatic rings. The molecule has 0 aromatic heterocycles. The average Bonchev–Trinajstić information content (AvgIpc) is 2.19. The highest BCUT2D eigenvalue weighted by molar-refractivity contribution is 9.09. The second-order valence-electron chi connectivity index (χ2n) is 2.93. The fraction of sp³-hybridized carbons (Fsp3) is 0.455. The van der Waals surface area contributed by atoms with Crippen LogP contribution in [0.4, 0.5) is 0 Å². The Bertz CT molecular complexity index is 211. The monoisotopic (exact) mass is 258 g/mol. The molecule has 1 rings (SSSR count). The number of halogens is 1. The van der Waals surface area contributed by atoms with Crippen molar-refractivity contribution >= 4 is 27.7 Å². The molecule has 0 unspecified atom stereocenters. The van der Waals surface area contributed by atoms with E-state index in [4.69, 9.17) is 0 Å². The predicted octanol–water partition coefficient (Wildman–Crippen LogP) is 4.09. The zero-order valence-corrected chi connectivity index (χ0v) is 10.1. The Morgan fingerprint density at radius 2 is 1.85 bits per heavy atom. The van der Waals surface area contributed by atoms with Crippen LogP contribution in [0.2, 0.25) is 0 Å². The van der Waals surface area contributed by atoms with Gasteiger partial charge in [-0.2, -0.15) is 11.8 Å². The minimum atomic E-state index is 1.14. The van der Waals surface area contributed by atoms with E-state index in [1.165, 1.54) is 24.2 Å². The summed E-state index contributed by atoms with van der Waals surface area (Å²) in [5.41, 5.74) is 1.44. The van der Waals surface area contributed by atoms with Gasteiger partial charge in [-0.25, -0.2) is 0 Å². The van der Waals surface area contributed by atoms with Crippen molar-refractivity contribution < 1.29 is 0 Å². The fourth-order valence-corrected chi connectivity index (χ4v) is 2.44. The Kier molecular flexibility index (Phi) is 6.38. The molecule has 0 aliphatic heterocycles. The Morgan fingerprint density at radius 3 is 2.54 bits per heavy atom. The molecule has 0 radical (unpaired) electrons. The van der Waals surface area contributed by atoms with Gasteiger partial charge in [-0.15, -0.1) is 0 Å². The average molecular weight is 259 g/mol. The molecule has 0 heterocycles. The molecule has 0 nitrogen and oxygen atoms in total. The Morgan fingerprint density at radius 1 is 1.08 bits per heavy atom. The van der Waals surface area contributed by atoms with E-state index in [9.17, 15) is 0 Å². The third-order valence-electron chi connectivity index (χ3n) is 1.78. The van der Waals surface area contributed by atoms with Gasteiger partial charge in [0, 0.05) is 11.1 Å². The summed E-state index contributed by atoms with van der Waals surface area (Å²) in [5, 5.41) is 1.14. The topological polar surface area (TPSA) is 0 Å². The van der Waals surface area contributed by atoms with Crippen molar-refractivity contribution in [3.05, 3.63) is 35.9 Å². The number of alkyl halides is 1. The number of benzene rings is 1. The second kappa shape index (κ2) is 7.45. The second-order valence-corrected chi connectivity index (χ2v) is 4.83. The van der Waals surface area contributed by atoms with Gasteiger partial charge in [-0.3, -0.25) is 0 Å². The molecule has 13 heavy (non-hydrogen) atoms. The van der Waals surface area contributed by atoms with E-state index >= 15 is 0 Å². The maximum absolute atomic E-state index is 3.44. The van der Waals surface area contributed by atoms with E-state index in [0.29, 0.717) is 0 Å². The Balaban J connectivity index is 2.07. The zero-order chi connectivity index (χ0) is 9.36. The molecule has 0 saturated carbocycles. The third-order valence-corrected chi connectivity index (χ3v) is 3.46. The summed E-state index contributed by atoms with van der Waals surface area (Å²) in [5.74, 6) is 2.43. The van der Waals surface area contributed by atoms with Gasteiger partial charge in [0.25, 0.3) is 0 Å². The summed E-state index contributed by atoms with van der Waals surface area (Å²) in [6.45, 7) is 0. The first-order valence-electron chi connectivity index (χ1n) is 4.61. The van der Waals surface area contributed by atoms with Crippen LogP contribution < -0.4 is 0 Å². The summed E-state index contributed by atoms with van der Waals surface area (Å²) >= 11 is 5.46. The highest BCUT2D eigenvalue weighted by Crippen LogP contribution is 2.13. The quantitative estimate of drug-likeness (QED) is 0.547. The van der Waals surface area contributed by atoms with Crippen LogP contribution >= 0.6 is 27.7 Å². The molecule has 0 spiro atoms. The summed E-state index contributed by atoms with van der Waals surface area (Å²) in [6, 6.07) is 10.7. The minimum absolute atomic E-state index is 1.14. The first-order chi connectivity index (χ1) is 6.43. The van der Waals surface area contributed by atoms with Gasteiger partial charge in [-0.05, 0) is 24.2 Å².